The zero-order chi connectivity index (χ0) is 7.68. The zero-order valence-corrected chi connectivity index (χ0v) is 7.63. The van der Waals surface area contributed by atoms with Crippen LogP contribution < -0.4 is 0 Å². The van der Waals surface area contributed by atoms with Crippen LogP contribution in [0.2, 0.25) is 0 Å². The Balaban J connectivity index is 2.60. The summed E-state index contributed by atoms with van der Waals surface area (Å²) < 4.78 is 1.15. The Bertz CT molecular complexity index is 304. The molecule has 0 atom stereocenters. The van der Waals surface area contributed by atoms with Gasteiger partial charge in [-0.15, -0.1) is 0 Å². The molecular formula is C9H8BrN. The van der Waals surface area contributed by atoms with E-state index in [-0.39, 0.29) is 0 Å². The minimum absolute atomic E-state index is 0.934. The van der Waals surface area contributed by atoms with E-state index in [9.17, 15) is 0 Å². The summed E-state index contributed by atoms with van der Waals surface area (Å²) in [5.74, 6) is 0. The molecular weight excluding hydrogens is 202 g/mol. The van der Waals surface area contributed by atoms with Gasteiger partial charge in [0.05, 0.1) is 0 Å². The lowest BCUT2D eigenvalue weighted by atomic mass is 10.0. The molecule has 2 rings (SSSR count). The highest BCUT2D eigenvalue weighted by Gasteiger charge is 2.06. The first-order valence-electron chi connectivity index (χ1n) is 3.65. The minimum Gasteiger partial charge on any atom is -0.292 e. The molecule has 0 aromatic heterocycles. The number of hydrogen-bond acceptors (Lipinski definition) is 1. The van der Waals surface area contributed by atoms with Gasteiger partial charge in [-0.1, -0.05) is 28.1 Å². The average Bonchev–Trinajstić information content (AvgIpc) is 2.06. The third kappa shape index (κ3) is 1.23. The van der Waals surface area contributed by atoms with Gasteiger partial charge in [-0.3, -0.25) is 4.99 Å². The van der Waals surface area contributed by atoms with E-state index in [1.165, 1.54) is 11.1 Å². The molecule has 56 valence electrons. The molecule has 1 aliphatic rings. The molecule has 1 nitrogen and oxygen atoms in total. The van der Waals surface area contributed by atoms with Gasteiger partial charge in [0.1, 0.15) is 0 Å². The Hall–Kier alpha value is -0.630. The van der Waals surface area contributed by atoms with Gasteiger partial charge in [0, 0.05) is 22.8 Å². The van der Waals surface area contributed by atoms with Crippen molar-refractivity contribution < 1.29 is 0 Å². The summed E-state index contributed by atoms with van der Waals surface area (Å²) in [5, 5.41) is 0. The Morgan fingerprint density at radius 1 is 1.36 bits per heavy atom. The predicted octanol–water partition coefficient (Wildman–Crippen LogP) is 2.42. The average molecular weight is 210 g/mol. The molecule has 0 radical (unpaired) electrons. The SMILES string of the molecule is Brc1cccc2c1C=NCC2. The summed E-state index contributed by atoms with van der Waals surface area (Å²) >= 11 is 3.49. The maximum absolute atomic E-state index is 4.22. The van der Waals surface area contributed by atoms with Gasteiger partial charge in [-0.25, -0.2) is 0 Å². The molecule has 1 heterocycles. The van der Waals surface area contributed by atoms with E-state index in [1.54, 1.807) is 0 Å². The molecule has 0 amide bonds. The van der Waals surface area contributed by atoms with Crippen molar-refractivity contribution in [3.63, 3.8) is 0 Å². The molecule has 0 saturated carbocycles. The summed E-state index contributed by atoms with van der Waals surface area (Å²) in [6.07, 6.45) is 3.02. The Morgan fingerprint density at radius 2 is 2.27 bits per heavy atom. The zero-order valence-electron chi connectivity index (χ0n) is 6.05. The second-order valence-corrected chi connectivity index (χ2v) is 3.45. The van der Waals surface area contributed by atoms with Crippen LogP contribution in [0.4, 0.5) is 0 Å². The molecule has 2 heteroatoms. The molecule has 1 aliphatic heterocycles. The highest BCUT2D eigenvalue weighted by molar-refractivity contribution is 9.10. The van der Waals surface area contributed by atoms with Crippen LogP contribution >= 0.6 is 15.9 Å². The fourth-order valence-corrected chi connectivity index (χ4v) is 1.79. The smallest absolute Gasteiger partial charge is 0.0430 e. The molecule has 1 aromatic carbocycles. The van der Waals surface area contributed by atoms with Gasteiger partial charge in [-0.2, -0.15) is 0 Å². The number of aliphatic imine (C=N–C) groups is 1. The van der Waals surface area contributed by atoms with E-state index in [1.807, 2.05) is 6.21 Å². The summed E-state index contributed by atoms with van der Waals surface area (Å²) in [6, 6.07) is 6.28. The third-order valence-corrected chi connectivity index (χ3v) is 2.57. The van der Waals surface area contributed by atoms with Gasteiger partial charge >= 0.3 is 0 Å². The van der Waals surface area contributed by atoms with Crippen LogP contribution in [0.25, 0.3) is 0 Å². The van der Waals surface area contributed by atoms with Crippen LogP contribution in [0.3, 0.4) is 0 Å². The summed E-state index contributed by atoms with van der Waals surface area (Å²) in [7, 11) is 0. The lowest BCUT2D eigenvalue weighted by Gasteiger charge is -2.10. The predicted molar refractivity (Wildman–Crippen MR) is 50.3 cm³/mol. The molecule has 0 bridgehead atoms. The molecule has 0 spiro atoms. The summed E-state index contributed by atoms with van der Waals surface area (Å²) in [5.41, 5.74) is 2.65. The first-order chi connectivity index (χ1) is 5.38. The van der Waals surface area contributed by atoms with Crippen molar-refractivity contribution in [2.45, 2.75) is 6.42 Å². The van der Waals surface area contributed by atoms with Crippen molar-refractivity contribution in [2.24, 2.45) is 4.99 Å². The van der Waals surface area contributed by atoms with Gasteiger partial charge < -0.3 is 0 Å². The minimum atomic E-state index is 0.934. The van der Waals surface area contributed by atoms with E-state index in [2.05, 4.69) is 39.1 Å². The largest absolute Gasteiger partial charge is 0.292 e. The van der Waals surface area contributed by atoms with Crippen molar-refractivity contribution in [3.8, 4) is 0 Å². The van der Waals surface area contributed by atoms with Crippen molar-refractivity contribution in [1.82, 2.24) is 0 Å². The number of hydrogen-bond donors (Lipinski definition) is 0. The van der Waals surface area contributed by atoms with Gasteiger partial charge in [0.15, 0.2) is 0 Å². The van der Waals surface area contributed by atoms with Gasteiger partial charge in [0.25, 0.3) is 0 Å². The second kappa shape index (κ2) is 2.78. The quantitative estimate of drug-likeness (QED) is 0.623. The first kappa shape index (κ1) is 7.04. The van der Waals surface area contributed by atoms with Crippen molar-refractivity contribution >= 4 is 22.1 Å². The van der Waals surface area contributed by atoms with Crippen LogP contribution in [-0.2, 0) is 6.42 Å². The number of rotatable bonds is 0. The van der Waals surface area contributed by atoms with Crippen LogP contribution in [0.1, 0.15) is 11.1 Å². The Labute approximate surface area is 74.3 Å². The Morgan fingerprint density at radius 3 is 3.09 bits per heavy atom. The van der Waals surface area contributed by atoms with Crippen LogP contribution in [0.5, 0.6) is 0 Å². The first-order valence-corrected chi connectivity index (χ1v) is 4.44. The normalized spacial score (nSPS) is 14.6. The fraction of sp³-hybridized carbons (Fsp3) is 0.222. The van der Waals surface area contributed by atoms with E-state index < -0.39 is 0 Å². The van der Waals surface area contributed by atoms with Crippen LogP contribution in [-0.4, -0.2) is 12.8 Å². The number of fused-ring (bicyclic) bond motifs is 1. The molecule has 0 saturated heterocycles. The molecule has 1 aromatic rings. The van der Waals surface area contributed by atoms with Crippen molar-refractivity contribution in [1.29, 1.82) is 0 Å². The third-order valence-electron chi connectivity index (χ3n) is 1.87. The van der Waals surface area contributed by atoms with E-state index in [0.717, 1.165) is 17.4 Å². The molecule has 0 unspecified atom stereocenters. The maximum Gasteiger partial charge on any atom is 0.0430 e. The highest BCUT2D eigenvalue weighted by atomic mass is 79.9. The monoisotopic (exact) mass is 209 g/mol. The lowest BCUT2D eigenvalue weighted by molar-refractivity contribution is 0.950. The Kier molecular flexibility index (Phi) is 1.78. The number of nitrogens with zero attached hydrogens (tertiary/aromatic N) is 1. The van der Waals surface area contributed by atoms with Crippen molar-refractivity contribution in [2.75, 3.05) is 6.54 Å². The van der Waals surface area contributed by atoms with E-state index in [0.29, 0.717) is 0 Å². The van der Waals surface area contributed by atoms with E-state index >= 15 is 0 Å². The van der Waals surface area contributed by atoms with Gasteiger partial charge in [0.2, 0.25) is 0 Å². The topological polar surface area (TPSA) is 12.4 Å². The highest BCUT2D eigenvalue weighted by Crippen LogP contribution is 2.21. The number of halogens is 1. The van der Waals surface area contributed by atoms with Gasteiger partial charge in [-0.05, 0) is 18.1 Å². The maximum atomic E-state index is 4.22. The lowest BCUT2D eigenvalue weighted by Crippen LogP contribution is -2.02. The van der Waals surface area contributed by atoms with Crippen molar-refractivity contribution in [3.05, 3.63) is 33.8 Å². The summed E-state index contributed by atoms with van der Waals surface area (Å²) in [6.45, 7) is 0.934. The van der Waals surface area contributed by atoms with E-state index in [4.69, 9.17) is 0 Å². The standard InChI is InChI=1S/C9H8BrN/c10-9-3-1-2-7-4-5-11-6-8(7)9/h1-3,6H,4-5H2. The molecule has 0 fully saturated rings. The molecule has 0 N–H and O–H groups in total. The van der Waals surface area contributed by atoms with Crippen LogP contribution in [0.15, 0.2) is 27.7 Å². The summed E-state index contributed by atoms with van der Waals surface area (Å²) in [4.78, 5) is 4.22. The fourth-order valence-electron chi connectivity index (χ4n) is 1.29. The number of benzene rings is 1. The molecule has 11 heavy (non-hydrogen) atoms. The second-order valence-electron chi connectivity index (χ2n) is 2.60. The molecule has 0 aliphatic carbocycles. The van der Waals surface area contributed by atoms with Crippen LogP contribution in [0, 0.1) is 0 Å².